The molecule has 1 aromatic heterocycles. The molecule has 0 unspecified atom stereocenters. The quantitative estimate of drug-likeness (QED) is 0.438. The smallest absolute Gasteiger partial charge is 0.202 e. The van der Waals surface area contributed by atoms with E-state index in [0.717, 1.165) is 11.1 Å². The lowest BCUT2D eigenvalue weighted by Gasteiger charge is -2.21. The Bertz CT molecular complexity index is 1350. The minimum Gasteiger partial charge on any atom is -0.497 e. The molecule has 0 aliphatic rings. The predicted octanol–water partition coefficient (Wildman–Crippen LogP) is 5.39. The number of methoxy groups -OCH3 is 1. The summed E-state index contributed by atoms with van der Waals surface area (Å²) in [5.41, 5.74) is 3.76. The van der Waals surface area contributed by atoms with Crippen LogP contribution < -0.4 is 10.1 Å². The first kappa shape index (κ1) is 20.6. The van der Waals surface area contributed by atoms with Crippen molar-refractivity contribution in [1.29, 1.82) is 0 Å². The van der Waals surface area contributed by atoms with Gasteiger partial charge in [0, 0.05) is 5.69 Å². The summed E-state index contributed by atoms with van der Waals surface area (Å²) in [7, 11) is -2.40. The molecule has 0 aliphatic carbocycles. The molecule has 0 saturated carbocycles. The van der Waals surface area contributed by atoms with Crippen molar-refractivity contribution in [3.8, 4) is 5.75 Å². The fourth-order valence-corrected chi connectivity index (χ4v) is 4.02. The summed E-state index contributed by atoms with van der Waals surface area (Å²) in [6, 6.07) is 19.3. The van der Waals surface area contributed by atoms with Crippen molar-refractivity contribution in [3.63, 3.8) is 0 Å². The van der Waals surface area contributed by atoms with E-state index in [9.17, 15) is 8.42 Å². The molecule has 31 heavy (non-hydrogen) atoms. The zero-order chi connectivity index (χ0) is 22.0. The highest BCUT2D eigenvalue weighted by molar-refractivity contribution is 7.94. The molecular weight excluding hydrogens is 412 g/mol. The second-order valence-corrected chi connectivity index (χ2v) is 8.65. The fraction of sp³-hybridized carbons (Fsp3) is 0.130. The van der Waals surface area contributed by atoms with E-state index in [0.29, 0.717) is 22.5 Å². The Morgan fingerprint density at radius 1 is 0.871 bits per heavy atom. The van der Waals surface area contributed by atoms with Gasteiger partial charge in [-0.15, -0.1) is 0 Å². The Morgan fingerprint density at radius 2 is 1.55 bits per heavy atom. The van der Waals surface area contributed by atoms with Crippen molar-refractivity contribution in [2.24, 2.45) is 0 Å². The summed E-state index contributed by atoms with van der Waals surface area (Å²) < 4.78 is 35.2. The topological polar surface area (TPSA) is 95.3 Å². The summed E-state index contributed by atoms with van der Waals surface area (Å²) >= 11 is 0. The number of aryl methyl sites for hydroxylation is 2. The maximum absolute atomic E-state index is 13.0. The summed E-state index contributed by atoms with van der Waals surface area (Å²) in [6.07, 6.45) is 0. The van der Waals surface area contributed by atoms with Crippen molar-refractivity contribution in [2.75, 3.05) is 12.4 Å². The van der Waals surface area contributed by atoms with Crippen LogP contribution in [0.2, 0.25) is 0 Å². The number of sulfonamides is 1. The molecule has 8 heteroatoms. The predicted molar refractivity (Wildman–Crippen MR) is 122 cm³/mol. The molecule has 1 N–H and O–H groups in total. The van der Waals surface area contributed by atoms with Crippen LogP contribution in [0.1, 0.15) is 11.1 Å². The van der Waals surface area contributed by atoms with Crippen LogP contribution in [0, 0.1) is 13.8 Å². The van der Waals surface area contributed by atoms with Crippen LogP contribution in [0.3, 0.4) is 0 Å². The van der Waals surface area contributed by atoms with Gasteiger partial charge in [-0.05, 0) is 78.8 Å². The average molecular weight is 434 g/mol. The van der Waals surface area contributed by atoms with Gasteiger partial charge in [0.05, 0.1) is 17.5 Å². The highest BCUT2D eigenvalue weighted by Crippen LogP contribution is 2.35. The largest absolute Gasteiger partial charge is 0.497 e. The minimum absolute atomic E-state index is 0.00672. The van der Waals surface area contributed by atoms with Gasteiger partial charge < -0.3 is 19.8 Å². The van der Waals surface area contributed by atoms with Gasteiger partial charge in [-0.1, -0.05) is 24.3 Å². The van der Waals surface area contributed by atoms with Crippen LogP contribution in [-0.4, -0.2) is 25.5 Å². The van der Waals surface area contributed by atoms with Gasteiger partial charge in [-0.3, -0.25) is 0 Å². The number of para-hydroxylation sites is 2. The van der Waals surface area contributed by atoms with Gasteiger partial charge in [-0.25, -0.2) is 13.4 Å². The molecule has 7 nitrogen and oxygen atoms in total. The molecule has 4 rings (SSSR count). The second kappa shape index (κ2) is 8.23. The van der Waals surface area contributed by atoms with Gasteiger partial charge in [0.25, 0.3) is 0 Å². The monoisotopic (exact) mass is 433 g/mol. The van der Waals surface area contributed by atoms with Crippen molar-refractivity contribution in [3.05, 3.63) is 82.6 Å². The zero-order valence-corrected chi connectivity index (χ0v) is 18.1. The Labute approximate surface area is 181 Å². The number of nitrogens with one attached hydrogen (secondary N) is 1. The van der Waals surface area contributed by atoms with E-state index in [1.54, 1.807) is 55.6 Å². The summed E-state index contributed by atoms with van der Waals surface area (Å²) in [6.45, 7) is 3.79. The Kier molecular flexibility index (Phi) is 5.48. The number of benzene rings is 3. The van der Waals surface area contributed by atoms with Crippen LogP contribution >= 0.6 is 0 Å². The zero-order valence-electron chi connectivity index (χ0n) is 17.3. The normalized spacial score (nSPS) is 11.3. The number of ether oxygens (including phenoxy) is 1. The van der Waals surface area contributed by atoms with Gasteiger partial charge in [0.2, 0.25) is 10.0 Å². The molecule has 0 radical (unpaired) electrons. The first-order valence-corrected chi connectivity index (χ1v) is 11.0. The Hall–Kier alpha value is -3.65. The van der Waals surface area contributed by atoms with E-state index in [4.69, 9.17) is 4.74 Å². The number of rotatable bonds is 6. The SMILES string of the molecule is COc1ccc(Nc2nc3ccccc3nc2[N-]S(=O)(=O)c2ccc(C)c(C)c2)cc1. The first-order chi connectivity index (χ1) is 14.9. The van der Waals surface area contributed by atoms with E-state index >= 15 is 0 Å². The first-order valence-electron chi connectivity index (χ1n) is 9.59. The number of nitrogens with zero attached hydrogens (tertiary/aromatic N) is 3. The van der Waals surface area contributed by atoms with Gasteiger partial charge in [-0.2, -0.15) is 0 Å². The lowest BCUT2D eigenvalue weighted by atomic mass is 10.1. The lowest BCUT2D eigenvalue weighted by molar-refractivity contribution is 0.415. The van der Waals surface area contributed by atoms with Crippen molar-refractivity contribution >= 4 is 38.4 Å². The van der Waals surface area contributed by atoms with E-state index in [1.165, 1.54) is 0 Å². The number of fused-ring (bicyclic) bond motifs is 1. The van der Waals surface area contributed by atoms with Crippen LogP contribution in [0.4, 0.5) is 17.3 Å². The minimum atomic E-state index is -3.98. The molecule has 3 aromatic carbocycles. The molecule has 0 atom stereocenters. The average Bonchev–Trinajstić information content (AvgIpc) is 2.76. The maximum Gasteiger partial charge on any atom is 0.202 e. The lowest BCUT2D eigenvalue weighted by Crippen LogP contribution is -2.03. The molecule has 0 saturated heterocycles. The molecule has 0 aliphatic heterocycles. The fourth-order valence-electron chi connectivity index (χ4n) is 2.99. The molecule has 0 bridgehead atoms. The Balaban J connectivity index is 1.75. The molecule has 158 valence electrons. The van der Waals surface area contributed by atoms with Crippen molar-refractivity contribution < 1.29 is 13.2 Å². The van der Waals surface area contributed by atoms with E-state index in [-0.39, 0.29) is 16.5 Å². The van der Waals surface area contributed by atoms with Gasteiger partial charge in [0.1, 0.15) is 11.6 Å². The highest BCUT2D eigenvalue weighted by Gasteiger charge is 2.13. The van der Waals surface area contributed by atoms with E-state index in [1.807, 2.05) is 32.0 Å². The summed E-state index contributed by atoms with van der Waals surface area (Å²) in [5, 5.41) is 3.12. The number of anilines is 2. The maximum atomic E-state index is 13.0. The van der Waals surface area contributed by atoms with Crippen LogP contribution in [0.15, 0.2) is 71.6 Å². The van der Waals surface area contributed by atoms with Crippen LogP contribution in [-0.2, 0) is 10.0 Å². The third-order valence-electron chi connectivity index (χ3n) is 4.89. The third-order valence-corrected chi connectivity index (χ3v) is 6.15. The second-order valence-electron chi connectivity index (χ2n) is 7.05. The molecule has 0 fully saturated rings. The van der Waals surface area contributed by atoms with Crippen LogP contribution in [0.25, 0.3) is 15.8 Å². The molecular formula is C23H21N4O3S-. The standard InChI is InChI=1S/C23H21N4O3S/c1-15-8-13-19(14-16(15)2)31(28,29)27-23-22(24-17-9-11-18(30-3)12-10-17)25-20-6-4-5-7-21(20)26-23/h4-14H,1-3H3,(H-,24,25,26,27)/q-1. The molecule has 0 spiro atoms. The van der Waals surface area contributed by atoms with E-state index < -0.39 is 10.0 Å². The highest BCUT2D eigenvalue weighted by atomic mass is 32.2. The number of hydrogen-bond acceptors (Lipinski definition) is 6. The summed E-state index contributed by atoms with van der Waals surface area (Å²) in [5.74, 6) is 0.946. The third kappa shape index (κ3) is 4.44. The van der Waals surface area contributed by atoms with Crippen LogP contribution in [0.5, 0.6) is 5.75 Å². The molecule has 1 heterocycles. The molecule has 4 aromatic rings. The van der Waals surface area contributed by atoms with E-state index in [2.05, 4.69) is 20.0 Å². The Morgan fingerprint density at radius 3 is 2.19 bits per heavy atom. The number of aromatic nitrogens is 2. The van der Waals surface area contributed by atoms with Gasteiger partial charge in [0.15, 0.2) is 0 Å². The van der Waals surface area contributed by atoms with Crippen molar-refractivity contribution in [1.82, 2.24) is 9.97 Å². The molecule has 0 amide bonds. The number of hydrogen-bond donors (Lipinski definition) is 1. The summed E-state index contributed by atoms with van der Waals surface area (Å²) in [4.78, 5) is 9.13. The van der Waals surface area contributed by atoms with Gasteiger partial charge >= 0.3 is 0 Å². The van der Waals surface area contributed by atoms with Crippen molar-refractivity contribution in [2.45, 2.75) is 18.7 Å².